The Kier molecular flexibility index (Phi) is 4.39. The number of ether oxygens (including phenoxy) is 1. The fourth-order valence-corrected chi connectivity index (χ4v) is 3.02. The lowest BCUT2D eigenvalue weighted by Gasteiger charge is -2.26. The topological polar surface area (TPSA) is 24.5 Å². The SMILES string of the molecule is CC1OCCC1N(C)Cc1ccc(CNC2CC2)cc1. The summed E-state index contributed by atoms with van der Waals surface area (Å²) in [5.41, 5.74) is 2.78. The van der Waals surface area contributed by atoms with E-state index in [4.69, 9.17) is 4.74 Å². The first-order valence-electron chi connectivity index (χ1n) is 7.85. The molecule has 1 saturated carbocycles. The number of benzene rings is 1. The van der Waals surface area contributed by atoms with Crippen LogP contribution in [-0.4, -0.2) is 36.7 Å². The van der Waals surface area contributed by atoms with Crippen LogP contribution in [0.1, 0.15) is 37.3 Å². The largest absolute Gasteiger partial charge is 0.377 e. The third kappa shape index (κ3) is 3.60. The zero-order valence-electron chi connectivity index (χ0n) is 12.6. The van der Waals surface area contributed by atoms with Gasteiger partial charge in [-0.25, -0.2) is 0 Å². The Hall–Kier alpha value is -0.900. The molecule has 2 fully saturated rings. The summed E-state index contributed by atoms with van der Waals surface area (Å²) in [5, 5.41) is 3.56. The Morgan fingerprint density at radius 1 is 1.15 bits per heavy atom. The van der Waals surface area contributed by atoms with Gasteiger partial charge >= 0.3 is 0 Å². The maximum atomic E-state index is 5.65. The number of rotatable bonds is 6. The normalized spacial score (nSPS) is 26.4. The second-order valence-corrected chi connectivity index (χ2v) is 6.32. The van der Waals surface area contributed by atoms with Crippen LogP contribution in [0.5, 0.6) is 0 Å². The molecule has 1 aliphatic heterocycles. The minimum atomic E-state index is 0.363. The zero-order valence-corrected chi connectivity index (χ0v) is 12.6. The van der Waals surface area contributed by atoms with Gasteiger partial charge in [0.2, 0.25) is 0 Å². The maximum absolute atomic E-state index is 5.65. The molecule has 3 rings (SSSR count). The van der Waals surface area contributed by atoms with Crippen molar-refractivity contribution in [3.63, 3.8) is 0 Å². The van der Waals surface area contributed by atoms with E-state index in [9.17, 15) is 0 Å². The molecular formula is C17H26N2O. The van der Waals surface area contributed by atoms with Crippen LogP contribution in [0, 0.1) is 0 Å². The Balaban J connectivity index is 1.51. The molecule has 1 aromatic carbocycles. The average molecular weight is 274 g/mol. The number of nitrogens with zero attached hydrogens (tertiary/aromatic N) is 1. The molecule has 2 aliphatic rings. The molecule has 3 heteroatoms. The number of hydrogen-bond acceptors (Lipinski definition) is 3. The molecule has 2 atom stereocenters. The summed E-state index contributed by atoms with van der Waals surface area (Å²) >= 11 is 0. The van der Waals surface area contributed by atoms with Gasteiger partial charge in [-0.1, -0.05) is 24.3 Å². The van der Waals surface area contributed by atoms with Gasteiger partial charge in [-0.3, -0.25) is 4.90 Å². The van der Waals surface area contributed by atoms with E-state index in [0.717, 1.165) is 32.2 Å². The molecule has 1 N–H and O–H groups in total. The van der Waals surface area contributed by atoms with E-state index in [-0.39, 0.29) is 0 Å². The molecule has 1 aromatic rings. The first-order chi connectivity index (χ1) is 9.72. The Labute approximate surface area is 122 Å². The van der Waals surface area contributed by atoms with E-state index in [1.165, 1.54) is 24.0 Å². The van der Waals surface area contributed by atoms with Crippen molar-refractivity contribution in [3.8, 4) is 0 Å². The van der Waals surface area contributed by atoms with Crippen molar-refractivity contribution in [2.24, 2.45) is 0 Å². The van der Waals surface area contributed by atoms with Crippen LogP contribution in [0.3, 0.4) is 0 Å². The third-order valence-corrected chi connectivity index (χ3v) is 4.53. The summed E-state index contributed by atoms with van der Waals surface area (Å²) < 4.78 is 5.65. The molecule has 0 amide bonds. The van der Waals surface area contributed by atoms with Crippen molar-refractivity contribution in [2.75, 3.05) is 13.7 Å². The maximum Gasteiger partial charge on any atom is 0.0703 e. The van der Waals surface area contributed by atoms with Crippen LogP contribution in [0.25, 0.3) is 0 Å². The fourth-order valence-electron chi connectivity index (χ4n) is 3.02. The number of nitrogens with one attached hydrogen (secondary N) is 1. The van der Waals surface area contributed by atoms with E-state index in [2.05, 4.69) is 48.5 Å². The highest BCUT2D eigenvalue weighted by molar-refractivity contribution is 5.22. The smallest absolute Gasteiger partial charge is 0.0703 e. The average Bonchev–Trinajstić information content (AvgIpc) is 3.18. The number of hydrogen-bond donors (Lipinski definition) is 1. The second kappa shape index (κ2) is 6.25. The van der Waals surface area contributed by atoms with Crippen LogP contribution < -0.4 is 5.32 Å². The molecule has 0 bridgehead atoms. The van der Waals surface area contributed by atoms with Gasteiger partial charge in [-0.2, -0.15) is 0 Å². The van der Waals surface area contributed by atoms with E-state index in [1.54, 1.807) is 0 Å². The fraction of sp³-hybridized carbons (Fsp3) is 0.647. The van der Waals surface area contributed by atoms with Crippen molar-refractivity contribution in [3.05, 3.63) is 35.4 Å². The van der Waals surface area contributed by atoms with E-state index >= 15 is 0 Å². The first kappa shape index (κ1) is 14.1. The molecule has 0 radical (unpaired) electrons. The van der Waals surface area contributed by atoms with Gasteiger partial charge in [0.15, 0.2) is 0 Å². The Morgan fingerprint density at radius 3 is 2.45 bits per heavy atom. The van der Waals surface area contributed by atoms with Gasteiger partial charge in [0.1, 0.15) is 0 Å². The molecule has 2 unspecified atom stereocenters. The molecule has 110 valence electrons. The van der Waals surface area contributed by atoms with Crippen LogP contribution in [0.2, 0.25) is 0 Å². The molecule has 1 aliphatic carbocycles. The summed E-state index contributed by atoms with van der Waals surface area (Å²) in [4.78, 5) is 2.43. The highest BCUT2D eigenvalue weighted by Gasteiger charge is 2.27. The molecule has 0 aromatic heterocycles. The first-order valence-corrected chi connectivity index (χ1v) is 7.85. The molecular weight excluding hydrogens is 248 g/mol. The van der Waals surface area contributed by atoms with Gasteiger partial charge in [-0.05, 0) is 44.4 Å². The third-order valence-electron chi connectivity index (χ3n) is 4.53. The molecule has 0 spiro atoms. The van der Waals surface area contributed by atoms with Crippen LogP contribution in [-0.2, 0) is 17.8 Å². The van der Waals surface area contributed by atoms with Crippen LogP contribution in [0.4, 0.5) is 0 Å². The van der Waals surface area contributed by atoms with E-state index < -0.39 is 0 Å². The summed E-state index contributed by atoms with van der Waals surface area (Å²) in [6.45, 7) is 5.10. The van der Waals surface area contributed by atoms with Gasteiger partial charge in [0, 0.05) is 31.8 Å². The summed E-state index contributed by atoms with van der Waals surface area (Å²) in [6, 6.07) is 10.4. The second-order valence-electron chi connectivity index (χ2n) is 6.32. The van der Waals surface area contributed by atoms with Crippen molar-refractivity contribution in [1.82, 2.24) is 10.2 Å². The number of likely N-dealkylation sites (N-methyl/N-ethyl adjacent to an activating group) is 1. The lowest BCUT2D eigenvalue weighted by molar-refractivity contribution is 0.0814. The molecule has 20 heavy (non-hydrogen) atoms. The minimum absolute atomic E-state index is 0.363. The summed E-state index contributed by atoms with van der Waals surface area (Å²) in [5.74, 6) is 0. The molecule has 1 heterocycles. The van der Waals surface area contributed by atoms with Crippen LogP contribution >= 0.6 is 0 Å². The van der Waals surface area contributed by atoms with Gasteiger partial charge in [-0.15, -0.1) is 0 Å². The standard InChI is InChI=1S/C17H26N2O/c1-13-17(9-10-20-13)19(2)12-15-5-3-14(4-6-15)11-18-16-7-8-16/h3-6,13,16-18H,7-12H2,1-2H3. The predicted molar refractivity (Wildman–Crippen MR) is 81.6 cm³/mol. The van der Waals surface area contributed by atoms with Crippen molar-refractivity contribution in [2.45, 2.75) is 57.5 Å². The van der Waals surface area contributed by atoms with Crippen LogP contribution in [0.15, 0.2) is 24.3 Å². The lowest BCUT2D eigenvalue weighted by Crippen LogP contribution is -2.36. The Morgan fingerprint density at radius 2 is 1.85 bits per heavy atom. The highest BCUT2D eigenvalue weighted by Crippen LogP contribution is 2.21. The minimum Gasteiger partial charge on any atom is -0.377 e. The van der Waals surface area contributed by atoms with Crippen molar-refractivity contribution < 1.29 is 4.74 Å². The van der Waals surface area contributed by atoms with Crippen molar-refractivity contribution in [1.29, 1.82) is 0 Å². The van der Waals surface area contributed by atoms with Gasteiger partial charge in [0.05, 0.1) is 6.10 Å². The summed E-state index contributed by atoms with van der Waals surface area (Å²) in [7, 11) is 2.21. The predicted octanol–water partition coefficient (Wildman–Crippen LogP) is 2.55. The van der Waals surface area contributed by atoms with E-state index in [0.29, 0.717) is 12.1 Å². The van der Waals surface area contributed by atoms with Gasteiger partial charge in [0.25, 0.3) is 0 Å². The zero-order chi connectivity index (χ0) is 13.9. The highest BCUT2D eigenvalue weighted by atomic mass is 16.5. The molecule has 1 saturated heterocycles. The van der Waals surface area contributed by atoms with E-state index in [1.807, 2.05) is 0 Å². The summed E-state index contributed by atoms with van der Waals surface area (Å²) in [6.07, 6.45) is 4.22. The quantitative estimate of drug-likeness (QED) is 0.863. The molecule has 3 nitrogen and oxygen atoms in total. The van der Waals surface area contributed by atoms with Gasteiger partial charge < -0.3 is 10.1 Å². The lowest BCUT2D eigenvalue weighted by atomic mass is 10.1. The Bertz CT molecular complexity index is 427. The monoisotopic (exact) mass is 274 g/mol. The van der Waals surface area contributed by atoms with Crippen molar-refractivity contribution >= 4 is 0 Å².